The van der Waals surface area contributed by atoms with Crippen molar-refractivity contribution in [3.05, 3.63) is 83.6 Å². The van der Waals surface area contributed by atoms with Crippen LogP contribution < -0.4 is 15.6 Å². The Hall–Kier alpha value is -5.11. The number of hydrogen-bond donors (Lipinski definition) is 2. The molecule has 2 aromatic carbocycles. The summed E-state index contributed by atoms with van der Waals surface area (Å²) in [6.07, 6.45) is 5.17. The third-order valence-electron chi connectivity index (χ3n) is 5.85. The lowest BCUT2D eigenvalue weighted by Crippen LogP contribution is -2.31. The van der Waals surface area contributed by atoms with Gasteiger partial charge in [-0.05, 0) is 41.8 Å². The molecule has 2 aromatic heterocycles. The Bertz CT molecular complexity index is 1560. The number of halogens is 1. The van der Waals surface area contributed by atoms with Crippen molar-refractivity contribution in [2.45, 2.75) is 19.8 Å². The second-order valence-corrected chi connectivity index (χ2v) is 8.44. The van der Waals surface area contributed by atoms with Crippen LogP contribution in [-0.4, -0.2) is 38.2 Å². The summed E-state index contributed by atoms with van der Waals surface area (Å²) in [4.78, 5) is 35.8. The largest absolute Gasteiger partial charge is 0.321 e. The summed E-state index contributed by atoms with van der Waals surface area (Å²) in [6.45, 7) is 1.79. The van der Waals surface area contributed by atoms with E-state index in [9.17, 15) is 19.2 Å². The summed E-state index contributed by atoms with van der Waals surface area (Å²) in [7, 11) is 0. The summed E-state index contributed by atoms with van der Waals surface area (Å²) in [6, 6.07) is 13.7. The zero-order valence-electron chi connectivity index (χ0n) is 19.8. The summed E-state index contributed by atoms with van der Waals surface area (Å²) < 4.78 is 14.1. The molecule has 0 bridgehead atoms. The van der Waals surface area contributed by atoms with Gasteiger partial charge in [0.05, 0.1) is 41.4 Å². The van der Waals surface area contributed by atoms with Crippen molar-refractivity contribution in [3.8, 4) is 17.3 Å². The van der Waals surface area contributed by atoms with Gasteiger partial charge in [-0.25, -0.2) is 19.8 Å². The molecule has 1 aliphatic rings. The van der Waals surface area contributed by atoms with Gasteiger partial charge in [0.1, 0.15) is 11.9 Å². The Labute approximate surface area is 211 Å². The van der Waals surface area contributed by atoms with Crippen LogP contribution in [0.3, 0.4) is 0 Å². The van der Waals surface area contributed by atoms with E-state index in [1.165, 1.54) is 24.0 Å². The Morgan fingerprint density at radius 1 is 1.22 bits per heavy atom. The van der Waals surface area contributed by atoms with Crippen LogP contribution in [0.2, 0.25) is 0 Å². The van der Waals surface area contributed by atoms with E-state index in [4.69, 9.17) is 0 Å². The lowest BCUT2D eigenvalue weighted by Gasteiger charge is -2.19. The van der Waals surface area contributed by atoms with E-state index >= 15 is 0 Å². The predicted octanol–water partition coefficient (Wildman–Crippen LogP) is 3.32. The quantitative estimate of drug-likeness (QED) is 0.419. The fraction of sp³-hybridized carbons (Fsp3) is 0.154. The molecule has 0 saturated heterocycles. The molecule has 0 fully saturated rings. The fourth-order valence-electron chi connectivity index (χ4n) is 4.25. The molecule has 2 N–H and O–H groups in total. The number of carbonyl (C=O) groups excluding carboxylic acids is 2. The number of amides is 2. The first-order chi connectivity index (χ1) is 17.9. The topological polar surface area (TPSA) is 129 Å². The molecule has 10 nitrogen and oxygen atoms in total. The zero-order valence-corrected chi connectivity index (χ0v) is 19.8. The molecule has 37 heavy (non-hydrogen) atoms. The normalized spacial score (nSPS) is 12.1. The fourth-order valence-corrected chi connectivity index (χ4v) is 4.25. The molecule has 11 heteroatoms. The highest BCUT2D eigenvalue weighted by Crippen LogP contribution is 2.36. The predicted molar refractivity (Wildman–Crippen MR) is 134 cm³/mol. The van der Waals surface area contributed by atoms with Crippen molar-refractivity contribution in [3.63, 3.8) is 0 Å². The van der Waals surface area contributed by atoms with Crippen molar-refractivity contribution >= 4 is 29.1 Å². The van der Waals surface area contributed by atoms with Gasteiger partial charge in [0.15, 0.2) is 0 Å². The molecule has 0 saturated carbocycles. The number of nitrogens with zero attached hydrogens (tertiary/aromatic N) is 6. The monoisotopic (exact) mass is 496 g/mol. The number of aromatic nitrogens is 4. The van der Waals surface area contributed by atoms with E-state index in [0.29, 0.717) is 52.7 Å². The van der Waals surface area contributed by atoms with Gasteiger partial charge in [0, 0.05) is 25.2 Å². The smallest absolute Gasteiger partial charge is 0.236 e. The maximum Gasteiger partial charge on any atom is 0.236 e. The van der Waals surface area contributed by atoms with Crippen LogP contribution in [-0.2, 0) is 22.4 Å². The molecule has 3 heterocycles. The van der Waals surface area contributed by atoms with Gasteiger partial charge in [0.2, 0.25) is 17.8 Å². The maximum atomic E-state index is 14.1. The van der Waals surface area contributed by atoms with Crippen LogP contribution >= 0.6 is 0 Å². The molecular weight excluding hydrogens is 475 g/mol. The Morgan fingerprint density at radius 2 is 2.05 bits per heavy atom. The molecule has 0 spiro atoms. The van der Waals surface area contributed by atoms with Crippen LogP contribution in [0.15, 0.2) is 61.1 Å². The van der Waals surface area contributed by atoms with Crippen LogP contribution in [0.25, 0.3) is 11.3 Å². The standard InChI is InChI=1S/C26H21FN8O2/c1-16(36)33-35-15-21(14-30-35)31-26-29-8-6-23(32-26)19-10-18-7-9-34(25(18)20(11-19)13-28)24(37)12-17-4-2-3-5-22(17)27/h2-6,8,10-11,14-15H,7,9,12H2,1H3,(H,33,36)(H,29,31,32). The Balaban J connectivity index is 1.39. The third kappa shape index (κ3) is 4.99. The van der Waals surface area contributed by atoms with Crippen molar-refractivity contribution in [1.82, 2.24) is 19.9 Å². The van der Waals surface area contributed by atoms with Gasteiger partial charge in [-0.15, -0.1) is 0 Å². The third-order valence-corrected chi connectivity index (χ3v) is 5.85. The summed E-state index contributed by atoms with van der Waals surface area (Å²) in [5.41, 5.74) is 6.46. The number of anilines is 3. The van der Waals surface area contributed by atoms with E-state index in [-0.39, 0.29) is 18.2 Å². The first kappa shape index (κ1) is 23.6. The summed E-state index contributed by atoms with van der Waals surface area (Å²) in [5.74, 6) is -0.644. The molecule has 2 amide bonds. The number of nitrogens with one attached hydrogen (secondary N) is 2. The highest BCUT2D eigenvalue weighted by molar-refractivity contribution is 5.98. The van der Waals surface area contributed by atoms with Gasteiger partial charge in [-0.3, -0.25) is 9.59 Å². The number of fused-ring (bicyclic) bond motifs is 1. The van der Waals surface area contributed by atoms with E-state index in [1.807, 2.05) is 6.07 Å². The number of hydrogen-bond acceptors (Lipinski definition) is 7. The average Bonchev–Trinajstić information content (AvgIpc) is 3.51. The van der Waals surface area contributed by atoms with Crippen molar-refractivity contribution in [2.75, 3.05) is 22.2 Å². The lowest BCUT2D eigenvalue weighted by molar-refractivity contribution is -0.118. The molecule has 5 rings (SSSR count). The molecule has 0 aliphatic carbocycles. The molecule has 0 radical (unpaired) electrons. The number of rotatable bonds is 6. The minimum Gasteiger partial charge on any atom is -0.321 e. The second-order valence-electron chi connectivity index (χ2n) is 8.44. The molecular formula is C26H21FN8O2. The van der Waals surface area contributed by atoms with Gasteiger partial charge in [-0.2, -0.15) is 15.2 Å². The zero-order chi connectivity index (χ0) is 25.9. The Kier molecular flexibility index (Phi) is 6.30. The van der Waals surface area contributed by atoms with Crippen molar-refractivity contribution < 1.29 is 14.0 Å². The number of carbonyl (C=O) groups is 2. The molecule has 0 unspecified atom stereocenters. The van der Waals surface area contributed by atoms with Gasteiger partial charge < -0.3 is 10.2 Å². The van der Waals surface area contributed by atoms with Crippen molar-refractivity contribution in [1.29, 1.82) is 5.26 Å². The lowest BCUT2D eigenvalue weighted by atomic mass is 10.0. The SMILES string of the molecule is CC(=O)Nn1cc(Nc2nccc(-c3cc(C#N)c4c(c3)CCN4C(=O)Cc3ccccc3F)n2)cn1. The maximum absolute atomic E-state index is 14.1. The summed E-state index contributed by atoms with van der Waals surface area (Å²) in [5, 5.41) is 16.9. The van der Waals surface area contributed by atoms with E-state index in [1.54, 1.807) is 47.6 Å². The highest BCUT2D eigenvalue weighted by atomic mass is 19.1. The van der Waals surface area contributed by atoms with Crippen LogP contribution in [0.4, 0.5) is 21.7 Å². The van der Waals surface area contributed by atoms with Crippen LogP contribution in [0, 0.1) is 17.1 Å². The number of nitriles is 1. The van der Waals surface area contributed by atoms with E-state index in [0.717, 1.165) is 5.56 Å². The first-order valence-corrected chi connectivity index (χ1v) is 11.4. The van der Waals surface area contributed by atoms with Gasteiger partial charge in [-0.1, -0.05) is 18.2 Å². The van der Waals surface area contributed by atoms with Gasteiger partial charge in [0.25, 0.3) is 0 Å². The van der Waals surface area contributed by atoms with Gasteiger partial charge >= 0.3 is 0 Å². The Morgan fingerprint density at radius 3 is 2.84 bits per heavy atom. The minimum atomic E-state index is -0.429. The van der Waals surface area contributed by atoms with E-state index in [2.05, 4.69) is 31.9 Å². The van der Waals surface area contributed by atoms with Crippen LogP contribution in [0.1, 0.15) is 23.6 Å². The first-order valence-electron chi connectivity index (χ1n) is 11.4. The average molecular weight is 497 g/mol. The van der Waals surface area contributed by atoms with Crippen LogP contribution in [0.5, 0.6) is 0 Å². The van der Waals surface area contributed by atoms with Crippen molar-refractivity contribution in [2.24, 2.45) is 0 Å². The molecule has 1 aliphatic heterocycles. The summed E-state index contributed by atoms with van der Waals surface area (Å²) >= 11 is 0. The minimum absolute atomic E-state index is 0.0851. The molecule has 4 aromatic rings. The molecule has 184 valence electrons. The van der Waals surface area contributed by atoms with E-state index < -0.39 is 5.82 Å². The highest BCUT2D eigenvalue weighted by Gasteiger charge is 2.29. The second kappa shape index (κ2) is 9.87. The molecule has 0 atom stereocenters. The number of benzene rings is 2.